The predicted molar refractivity (Wildman–Crippen MR) is 169 cm³/mol. The van der Waals surface area contributed by atoms with Crippen molar-refractivity contribution in [3.05, 3.63) is 113 Å². The van der Waals surface area contributed by atoms with E-state index in [0.29, 0.717) is 28.3 Å². The molecule has 1 heterocycles. The first kappa shape index (κ1) is 32.7. The SMILES string of the molecule is COc1cc(CC(=O)Nc2ccc(C(CC(=O)O)NC(=O)c3ccc(C(=O)O)cc3)cn2)ccc1NC(=O)Nc1ccccc1C. The summed E-state index contributed by atoms with van der Waals surface area (Å²) in [7, 11) is 1.45. The minimum Gasteiger partial charge on any atom is -0.495 e. The Balaban J connectivity index is 1.36. The number of anilines is 3. The van der Waals surface area contributed by atoms with Gasteiger partial charge in [-0.3, -0.25) is 14.4 Å². The number of ether oxygens (including phenoxy) is 1. The van der Waals surface area contributed by atoms with Crippen LogP contribution in [-0.4, -0.2) is 52.1 Å². The minimum atomic E-state index is -1.16. The number of para-hydroxylation sites is 1. The van der Waals surface area contributed by atoms with Crippen LogP contribution in [0.3, 0.4) is 0 Å². The molecule has 13 heteroatoms. The highest BCUT2D eigenvalue weighted by Crippen LogP contribution is 2.27. The lowest BCUT2D eigenvalue weighted by Crippen LogP contribution is -2.30. The van der Waals surface area contributed by atoms with Gasteiger partial charge in [-0.25, -0.2) is 14.6 Å². The largest absolute Gasteiger partial charge is 0.495 e. The average Bonchev–Trinajstić information content (AvgIpc) is 3.02. The van der Waals surface area contributed by atoms with Crippen molar-refractivity contribution in [2.45, 2.75) is 25.8 Å². The normalized spacial score (nSPS) is 11.1. The monoisotopic (exact) mass is 625 g/mol. The lowest BCUT2D eigenvalue weighted by molar-refractivity contribution is -0.137. The van der Waals surface area contributed by atoms with Crippen LogP contribution in [0, 0.1) is 6.92 Å². The van der Waals surface area contributed by atoms with E-state index in [1.54, 1.807) is 24.3 Å². The quantitative estimate of drug-likeness (QED) is 0.127. The van der Waals surface area contributed by atoms with Gasteiger partial charge in [-0.2, -0.15) is 0 Å². The highest BCUT2D eigenvalue weighted by atomic mass is 16.5. The molecule has 0 bridgehead atoms. The molecular weight excluding hydrogens is 594 g/mol. The molecule has 4 rings (SSSR count). The molecule has 0 radical (unpaired) electrons. The van der Waals surface area contributed by atoms with E-state index < -0.39 is 36.3 Å². The number of pyridine rings is 1. The van der Waals surface area contributed by atoms with Crippen LogP contribution in [0.1, 0.15) is 49.9 Å². The average molecular weight is 626 g/mol. The summed E-state index contributed by atoms with van der Waals surface area (Å²) < 4.78 is 5.41. The fourth-order valence-electron chi connectivity index (χ4n) is 4.43. The van der Waals surface area contributed by atoms with Crippen LogP contribution < -0.4 is 26.0 Å². The Hall–Kier alpha value is -6.24. The number of aromatic nitrogens is 1. The lowest BCUT2D eigenvalue weighted by atomic mass is 10.0. The Morgan fingerprint density at radius 3 is 2.15 bits per heavy atom. The maximum Gasteiger partial charge on any atom is 0.335 e. The van der Waals surface area contributed by atoms with Crippen molar-refractivity contribution in [1.29, 1.82) is 0 Å². The molecule has 6 N–H and O–H groups in total. The first-order chi connectivity index (χ1) is 22.0. The smallest absolute Gasteiger partial charge is 0.335 e. The Bertz CT molecular complexity index is 1760. The summed E-state index contributed by atoms with van der Waals surface area (Å²) in [6.07, 6.45) is 0.878. The molecule has 46 heavy (non-hydrogen) atoms. The van der Waals surface area contributed by atoms with Crippen LogP contribution in [0.4, 0.5) is 22.0 Å². The molecule has 236 valence electrons. The third kappa shape index (κ3) is 8.89. The summed E-state index contributed by atoms with van der Waals surface area (Å²) in [4.78, 5) is 64.8. The zero-order valence-electron chi connectivity index (χ0n) is 24.9. The molecule has 1 atom stereocenters. The summed E-state index contributed by atoms with van der Waals surface area (Å²) in [5.41, 5.74) is 3.14. The topological polar surface area (TPSA) is 196 Å². The van der Waals surface area contributed by atoms with Gasteiger partial charge in [-0.15, -0.1) is 0 Å². The summed E-state index contributed by atoms with van der Waals surface area (Å²) in [6, 6.07) is 19.1. The number of rotatable bonds is 12. The third-order valence-electron chi connectivity index (χ3n) is 6.81. The van der Waals surface area contributed by atoms with Crippen molar-refractivity contribution in [3.63, 3.8) is 0 Å². The Morgan fingerprint density at radius 1 is 0.826 bits per heavy atom. The van der Waals surface area contributed by atoms with Gasteiger partial charge in [0.25, 0.3) is 5.91 Å². The molecular formula is C33H31N5O8. The van der Waals surface area contributed by atoms with Gasteiger partial charge < -0.3 is 36.2 Å². The molecule has 0 saturated heterocycles. The molecule has 4 amide bonds. The number of nitrogens with one attached hydrogen (secondary N) is 4. The fraction of sp³-hybridized carbons (Fsp3) is 0.152. The number of nitrogens with zero attached hydrogens (tertiary/aromatic N) is 1. The minimum absolute atomic E-state index is 0.00672. The van der Waals surface area contributed by atoms with E-state index in [-0.39, 0.29) is 29.3 Å². The molecule has 0 fully saturated rings. The van der Waals surface area contributed by atoms with Crippen molar-refractivity contribution in [2.75, 3.05) is 23.1 Å². The van der Waals surface area contributed by atoms with Crippen LogP contribution in [-0.2, 0) is 16.0 Å². The standard InChI is InChI=1S/C33H31N5O8/c1-19-5-3-4-6-24(19)36-33(45)37-25-13-7-20(15-27(25)46-2)16-29(39)38-28-14-12-23(18-34-28)26(17-30(40)41)35-31(42)21-8-10-22(11-9-21)32(43)44/h3-15,18,26H,16-17H2,1-2H3,(H,35,42)(H,40,41)(H,43,44)(H,34,38,39)(H2,36,37,45). The van der Waals surface area contributed by atoms with E-state index >= 15 is 0 Å². The second-order valence-electron chi connectivity index (χ2n) is 10.1. The van der Waals surface area contributed by atoms with E-state index in [2.05, 4.69) is 26.3 Å². The van der Waals surface area contributed by atoms with Crippen molar-refractivity contribution in [3.8, 4) is 5.75 Å². The number of aromatic carboxylic acids is 1. The highest BCUT2D eigenvalue weighted by molar-refractivity contribution is 6.01. The predicted octanol–water partition coefficient (Wildman–Crippen LogP) is 4.87. The number of carboxylic acids is 2. The number of aryl methyl sites for hydroxylation is 1. The van der Waals surface area contributed by atoms with E-state index in [1.165, 1.54) is 49.7 Å². The number of hydrogen-bond donors (Lipinski definition) is 6. The number of hydrogen-bond acceptors (Lipinski definition) is 7. The number of carboxylic acid groups (broad SMARTS) is 2. The van der Waals surface area contributed by atoms with E-state index in [4.69, 9.17) is 9.84 Å². The summed E-state index contributed by atoms with van der Waals surface area (Å²) >= 11 is 0. The van der Waals surface area contributed by atoms with Gasteiger partial charge in [0.15, 0.2) is 0 Å². The van der Waals surface area contributed by atoms with Gasteiger partial charge in [0, 0.05) is 17.4 Å². The van der Waals surface area contributed by atoms with Gasteiger partial charge in [0.05, 0.1) is 37.2 Å². The molecule has 0 aliphatic heterocycles. The second-order valence-corrected chi connectivity index (χ2v) is 10.1. The van der Waals surface area contributed by atoms with E-state index in [0.717, 1.165) is 5.56 Å². The van der Waals surface area contributed by atoms with Crippen LogP contribution in [0.5, 0.6) is 5.75 Å². The molecule has 1 aromatic heterocycles. The van der Waals surface area contributed by atoms with Crippen molar-refractivity contribution in [2.24, 2.45) is 0 Å². The van der Waals surface area contributed by atoms with Crippen LogP contribution in [0.2, 0.25) is 0 Å². The number of carbonyl (C=O) groups excluding carboxylic acids is 3. The number of methoxy groups -OCH3 is 1. The van der Waals surface area contributed by atoms with Crippen LogP contribution in [0.25, 0.3) is 0 Å². The van der Waals surface area contributed by atoms with Gasteiger partial charge in [-0.1, -0.05) is 30.3 Å². The van der Waals surface area contributed by atoms with Crippen molar-refractivity contribution in [1.82, 2.24) is 10.3 Å². The number of amides is 4. The van der Waals surface area contributed by atoms with Crippen LogP contribution in [0.15, 0.2) is 85.1 Å². The second kappa shape index (κ2) is 15.0. The maximum atomic E-state index is 12.8. The molecule has 0 aliphatic carbocycles. The Kier molecular flexibility index (Phi) is 10.6. The molecule has 13 nitrogen and oxygen atoms in total. The highest BCUT2D eigenvalue weighted by Gasteiger charge is 2.20. The number of aliphatic carboxylic acids is 1. The zero-order chi connectivity index (χ0) is 33.2. The summed E-state index contributed by atoms with van der Waals surface area (Å²) in [5.74, 6) is -2.72. The molecule has 0 aliphatic rings. The summed E-state index contributed by atoms with van der Waals surface area (Å²) in [5, 5.41) is 29.2. The van der Waals surface area contributed by atoms with Gasteiger partial charge in [0.2, 0.25) is 5.91 Å². The number of urea groups is 1. The maximum absolute atomic E-state index is 12.8. The van der Waals surface area contributed by atoms with Crippen molar-refractivity contribution >= 4 is 47.0 Å². The zero-order valence-corrected chi connectivity index (χ0v) is 24.9. The Labute approximate surface area is 263 Å². The molecule has 0 saturated carbocycles. The van der Waals surface area contributed by atoms with E-state index in [1.807, 2.05) is 25.1 Å². The number of carbonyl (C=O) groups is 5. The first-order valence-corrected chi connectivity index (χ1v) is 13.9. The molecule has 0 spiro atoms. The molecule has 3 aromatic carbocycles. The van der Waals surface area contributed by atoms with Gasteiger partial charge in [0.1, 0.15) is 11.6 Å². The third-order valence-corrected chi connectivity index (χ3v) is 6.81. The summed E-state index contributed by atoms with van der Waals surface area (Å²) in [6.45, 7) is 1.88. The van der Waals surface area contributed by atoms with Crippen molar-refractivity contribution < 1.29 is 38.9 Å². The van der Waals surface area contributed by atoms with Crippen LogP contribution >= 0.6 is 0 Å². The molecule has 4 aromatic rings. The first-order valence-electron chi connectivity index (χ1n) is 13.9. The fourth-order valence-corrected chi connectivity index (χ4v) is 4.43. The Morgan fingerprint density at radius 2 is 1.52 bits per heavy atom. The lowest BCUT2D eigenvalue weighted by Gasteiger charge is -2.18. The number of benzene rings is 3. The van der Waals surface area contributed by atoms with E-state index in [9.17, 15) is 29.1 Å². The van der Waals surface area contributed by atoms with Gasteiger partial charge in [-0.05, 0) is 72.1 Å². The molecule has 1 unspecified atom stereocenters. The van der Waals surface area contributed by atoms with Gasteiger partial charge >= 0.3 is 18.0 Å².